The van der Waals surface area contributed by atoms with E-state index in [4.69, 9.17) is 9.47 Å². The van der Waals surface area contributed by atoms with E-state index in [9.17, 15) is 9.59 Å². The summed E-state index contributed by atoms with van der Waals surface area (Å²) in [4.78, 5) is 24.4. The van der Waals surface area contributed by atoms with Gasteiger partial charge in [-0.1, -0.05) is 18.2 Å². The van der Waals surface area contributed by atoms with Crippen LogP contribution in [0.15, 0.2) is 53.6 Å². The molecule has 0 aliphatic carbocycles. The monoisotopic (exact) mass is 396 g/mol. The minimum Gasteiger partial charge on any atom is -0.497 e. The van der Waals surface area contributed by atoms with Crippen molar-refractivity contribution >= 4 is 17.6 Å². The Morgan fingerprint density at radius 2 is 1.83 bits per heavy atom. The zero-order chi connectivity index (χ0) is 21.0. The number of amides is 1. The molecule has 0 saturated carbocycles. The summed E-state index contributed by atoms with van der Waals surface area (Å²) in [7, 11) is 7.40. The Hall–Kier alpha value is -3.19. The van der Waals surface area contributed by atoms with E-state index in [-0.39, 0.29) is 11.9 Å². The number of methoxy groups -OCH3 is 1. The van der Waals surface area contributed by atoms with Crippen LogP contribution in [-0.2, 0) is 9.53 Å². The molecule has 152 valence electrons. The number of quaternary nitrogens is 1. The van der Waals surface area contributed by atoms with Gasteiger partial charge in [0.05, 0.1) is 39.5 Å². The van der Waals surface area contributed by atoms with Gasteiger partial charge in [0.1, 0.15) is 11.9 Å². The molecule has 0 fully saturated rings. The highest BCUT2D eigenvalue weighted by Gasteiger charge is 2.31. The molecule has 0 unspecified atom stereocenters. The summed E-state index contributed by atoms with van der Waals surface area (Å²) in [6.45, 7) is 0.292. The summed E-state index contributed by atoms with van der Waals surface area (Å²) in [5.74, 6) is 0.195. The van der Waals surface area contributed by atoms with Crippen LogP contribution in [0.5, 0.6) is 5.75 Å². The van der Waals surface area contributed by atoms with E-state index in [2.05, 4.69) is 10.5 Å². The van der Waals surface area contributed by atoms with E-state index >= 15 is 0 Å². The number of hydrogen-bond acceptors (Lipinski definition) is 5. The van der Waals surface area contributed by atoms with E-state index in [1.165, 1.54) is 0 Å². The Kier molecular flexibility index (Phi) is 5.98. The summed E-state index contributed by atoms with van der Waals surface area (Å²) in [6.07, 6.45) is -0.102. The number of nitrogens with zero attached hydrogens (tertiary/aromatic N) is 2. The molecule has 1 aliphatic rings. The predicted octanol–water partition coefficient (Wildman–Crippen LogP) is 2.52. The molecule has 0 radical (unpaired) electrons. The van der Waals surface area contributed by atoms with Crippen LogP contribution < -0.4 is 10.2 Å². The smallest absolute Gasteiger partial charge is 0.339 e. The first-order valence-electron chi connectivity index (χ1n) is 9.37. The second-order valence-electron chi connectivity index (χ2n) is 7.96. The van der Waals surface area contributed by atoms with Crippen molar-refractivity contribution < 1.29 is 23.5 Å². The number of nitrogens with one attached hydrogen (secondary N) is 1. The second kappa shape index (κ2) is 8.45. The first kappa shape index (κ1) is 20.5. The zero-order valence-electron chi connectivity index (χ0n) is 17.1. The molecule has 0 saturated heterocycles. The van der Waals surface area contributed by atoms with Crippen molar-refractivity contribution in [2.45, 2.75) is 12.5 Å². The lowest BCUT2D eigenvalue weighted by Crippen LogP contribution is -2.43. The fourth-order valence-corrected chi connectivity index (χ4v) is 3.15. The molecule has 0 spiro atoms. The molecule has 1 atom stereocenters. The molecule has 1 heterocycles. The standard InChI is InChI=1S/C22H25N3O4/c1-25(2,3)14-21(26)24-23-19(15-9-11-16(28-4)12-10-15)13-20-17-7-5-6-8-18(17)22(27)29-20/h5-12,20H,13-14H2,1-4H3/p+1/b23-19+/t20-/m1/s1. The van der Waals surface area contributed by atoms with Gasteiger partial charge >= 0.3 is 5.97 Å². The number of rotatable bonds is 7. The molecule has 2 aromatic carbocycles. The topological polar surface area (TPSA) is 77.0 Å². The van der Waals surface area contributed by atoms with Gasteiger partial charge in [-0.2, -0.15) is 5.10 Å². The molecule has 1 amide bonds. The third-order valence-corrected chi connectivity index (χ3v) is 4.51. The van der Waals surface area contributed by atoms with Crippen LogP contribution in [-0.4, -0.2) is 56.9 Å². The highest BCUT2D eigenvalue weighted by Crippen LogP contribution is 2.34. The van der Waals surface area contributed by atoms with Crippen LogP contribution in [0.25, 0.3) is 0 Å². The molecule has 7 heteroatoms. The molecule has 0 bridgehead atoms. The molecule has 29 heavy (non-hydrogen) atoms. The van der Waals surface area contributed by atoms with Crippen LogP contribution in [0.2, 0.25) is 0 Å². The number of cyclic esters (lactones) is 1. The Morgan fingerprint density at radius 1 is 1.14 bits per heavy atom. The molecule has 1 aliphatic heterocycles. The van der Waals surface area contributed by atoms with Crippen molar-refractivity contribution in [3.8, 4) is 5.75 Å². The van der Waals surface area contributed by atoms with Crippen molar-refractivity contribution in [3.05, 3.63) is 65.2 Å². The Morgan fingerprint density at radius 3 is 2.48 bits per heavy atom. The van der Waals surface area contributed by atoms with Gasteiger partial charge in [0.25, 0.3) is 5.91 Å². The summed E-state index contributed by atoms with van der Waals surface area (Å²) in [5.41, 5.74) is 5.48. The van der Waals surface area contributed by atoms with Gasteiger partial charge < -0.3 is 14.0 Å². The average Bonchev–Trinajstić information content (AvgIpc) is 3.00. The zero-order valence-corrected chi connectivity index (χ0v) is 17.1. The summed E-state index contributed by atoms with van der Waals surface area (Å²) < 4.78 is 11.3. The minimum atomic E-state index is -0.449. The number of likely N-dealkylation sites (N-methyl/N-ethyl adjacent to an activating group) is 1. The van der Waals surface area contributed by atoms with Gasteiger partial charge in [-0.05, 0) is 35.9 Å². The first-order valence-corrected chi connectivity index (χ1v) is 9.37. The van der Waals surface area contributed by atoms with Gasteiger partial charge in [-0.15, -0.1) is 0 Å². The normalized spacial score (nSPS) is 16.2. The van der Waals surface area contributed by atoms with Gasteiger partial charge in [-0.3, -0.25) is 4.79 Å². The number of benzene rings is 2. The maximum absolute atomic E-state index is 12.2. The second-order valence-corrected chi connectivity index (χ2v) is 7.96. The van der Waals surface area contributed by atoms with Crippen molar-refractivity contribution in [1.82, 2.24) is 5.43 Å². The van der Waals surface area contributed by atoms with E-state index in [0.717, 1.165) is 16.9 Å². The maximum Gasteiger partial charge on any atom is 0.339 e. The number of esters is 1. The van der Waals surface area contributed by atoms with Crippen LogP contribution in [0.3, 0.4) is 0 Å². The van der Waals surface area contributed by atoms with Gasteiger partial charge in [0, 0.05) is 12.0 Å². The van der Waals surface area contributed by atoms with Crippen molar-refractivity contribution in [1.29, 1.82) is 0 Å². The third-order valence-electron chi connectivity index (χ3n) is 4.51. The van der Waals surface area contributed by atoms with Crippen LogP contribution in [0.1, 0.15) is 34.0 Å². The number of hydrogen-bond donors (Lipinski definition) is 1. The van der Waals surface area contributed by atoms with Crippen molar-refractivity contribution in [2.75, 3.05) is 34.8 Å². The predicted molar refractivity (Wildman–Crippen MR) is 110 cm³/mol. The SMILES string of the molecule is COc1ccc(/C(C[C@H]2OC(=O)c3ccccc32)=N/NC(=O)C[N+](C)(C)C)cc1. The number of fused-ring (bicyclic) bond motifs is 1. The fraction of sp³-hybridized carbons (Fsp3) is 0.318. The molecule has 1 N–H and O–H groups in total. The Labute approximate surface area is 170 Å². The Bertz CT molecular complexity index is 930. The lowest BCUT2D eigenvalue weighted by molar-refractivity contribution is -0.862. The maximum atomic E-state index is 12.2. The largest absolute Gasteiger partial charge is 0.497 e. The van der Waals surface area contributed by atoms with Crippen LogP contribution in [0.4, 0.5) is 0 Å². The van der Waals surface area contributed by atoms with Gasteiger partial charge in [0.15, 0.2) is 6.54 Å². The number of carbonyl (C=O) groups excluding carboxylic acids is 2. The molecular formula is C22H26N3O4+. The first-order chi connectivity index (χ1) is 13.8. The third kappa shape index (κ3) is 5.20. The number of ether oxygens (including phenoxy) is 2. The lowest BCUT2D eigenvalue weighted by Gasteiger charge is -2.22. The average molecular weight is 396 g/mol. The van der Waals surface area contributed by atoms with Crippen molar-refractivity contribution in [2.24, 2.45) is 5.10 Å². The minimum absolute atomic E-state index is 0.188. The molecular weight excluding hydrogens is 370 g/mol. The summed E-state index contributed by atoms with van der Waals surface area (Å²) >= 11 is 0. The highest BCUT2D eigenvalue weighted by molar-refractivity contribution is 6.02. The van der Waals surface area contributed by atoms with Gasteiger partial charge in [-0.25, -0.2) is 10.2 Å². The number of carbonyl (C=O) groups is 2. The molecule has 7 nitrogen and oxygen atoms in total. The van der Waals surface area contributed by atoms with E-state index < -0.39 is 6.10 Å². The Balaban J connectivity index is 1.86. The van der Waals surface area contributed by atoms with Crippen molar-refractivity contribution in [3.63, 3.8) is 0 Å². The van der Waals surface area contributed by atoms with E-state index in [1.807, 2.05) is 63.6 Å². The number of hydrazone groups is 1. The highest BCUT2D eigenvalue weighted by atomic mass is 16.5. The molecule has 0 aromatic heterocycles. The summed E-state index contributed by atoms with van der Waals surface area (Å²) in [6, 6.07) is 14.7. The van der Waals surface area contributed by atoms with E-state index in [0.29, 0.717) is 28.7 Å². The van der Waals surface area contributed by atoms with E-state index in [1.54, 1.807) is 13.2 Å². The molecule has 3 rings (SSSR count). The van der Waals surface area contributed by atoms with Crippen LogP contribution >= 0.6 is 0 Å². The van der Waals surface area contributed by atoms with Crippen LogP contribution in [0, 0.1) is 0 Å². The van der Waals surface area contributed by atoms with Gasteiger partial charge in [0.2, 0.25) is 0 Å². The quantitative estimate of drug-likeness (QED) is 0.338. The summed E-state index contributed by atoms with van der Waals surface area (Å²) in [5, 5.41) is 4.37. The fourth-order valence-electron chi connectivity index (χ4n) is 3.15. The molecule has 2 aromatic rings. The lowest BCUT2D eigenvalue weighted by atomic mass is 9.98.